The highest BCUT2D eigenvalue weighted by molar-refractivity contribution is 6.33. The van der Waals surface area contributed by atoms with E-state index in [1.165, 1.54) is 24.2 Å². The summed E-state index contributed by atoms with van der Waals surface area (Å²) in [7, 11) is 1.62. The minimum Gasteiger partial charge on any atom is -0.374 e. The van der Waals surface area contributed by atoms with Crippen LogP contribution in [0.4, 0.5) is 17.1 Å². The molecule has 2 N–H and O–H groups in total. The molecule has 1 heterocycles. The Morgan fingerprint density at radius 2 is 1.66 bits per heavy atom. The third-order valence-electron chi connectivity index (χ3n) is 4.99. The van der Waals surface area contributed by atoms with E-state index in [0.29, 0.717) is 10.7 Å². The maximum Gasteiger partial charge on any atom is 0.244 e. The first kappa shape index (κ1) is 21.0. The summed E-state index contributed by atoms with van der Waals surface area (Å²) in [5, 5.41) is 6.43. The van der Waals surface area contributed by atoms with Crippen molar-refractivity contribution in [2.24, 2.45) is 0 Å². The summed E-state index contributed by atoms with van der Waals surface area (Å²) >= 11 is 6.05. The highest BCUT2D eigenvalue weighted by Gasteiger charge is 2.17. The second-order valence-corrected chi connectivity index (χ2v) is 7.60. The number of hydrogen-bond donors (Lipinski definition) is 2. The minimum absolute atomic E-state index is 0.0422. The maximum atomic E-state index is 12.5. The van der Waals surface area contributed by atoms with Crippen molar-refractivity contribution in [1.29, 1.82) is 0 Å². The Hall–Kier alpha value is -2.73. The fourth-order valence-electron chi connectivity index (χ4n) is 3.40. The van der Waals surface area contributed by atoms with E-state index in [4.69, 9.17) is 11.6 Å². The van der Waals surface area contributed by atoms with Crippen LogP contribution in [0.25, 0.3) is 0 Å². The van der Waals surface area contributed by atoms with Gasteiger partial charge in [-0.15, -0.1) is 0 Å². The number of amides is 2. The molecule has 0 atom stereocenters. The number of carbonyl (C=O) groups excluding carboxylic acids is 2. The van der Waals surface area contributed by atoms with Gasteiger partial charge in [0.05, 0.1) is 35.2 Å². The van der Waals surface area contributed by atoms with E-state index in [-0.39, 0.29) is 24.9 Å². The van der Waals surface area contributed by atoms with Gasteiger partial charge < -0.3 is 20.4 Å². The quantitative estimate of drug-likeness (QED) is 0.722. The summed E-state index contributed by atoms with van der Waals surface area (Å²) < 4.78 is 0. The lowest BCUT2D eigenvalue weighted by atomic mass is 10.1. The zero-order chi connectivity index (χ0) is 20.6. The van der Waals surface area contributed by atoms with Gasteiger partial charge in [0.25, 0.3) is 0 Å². The van der Waals surface area contributed by atoms with E-state index in [0.717, 1.165) is 24.5 Å². The molecule has 2 amide bonds. The van der Waals surface area contributed by atoms with E-state index in [9.17, 15) is 9.59 Å². The first-order valence-electron chi connectivity index (χ1n) is 9.91. The molecule has 0 saturated carbocycles. The van der Waals surface area contributed by atoms with Gasteiger partial charge in [-0.1, -0.05) is 35.9 Å². The molecule has 6 nitrogen and oxygen atoms in total. The van der Waals surface area contributed by atoms with Crippen LogP contribution in [-0.4, -0.2) is 49.9 Å². The number of likely N-dealkylation sites (N-methyl/N-ethyl adjacent to an activating group) is 1. The Labute approximate surface area is 176 Å². The van der Waals surface area contributed by atoms with E-state index in [1.807, 2.05) is 18.2 Å². The zero-order valence-electron chi connectivity index (χ0n) is 16.7. The number of benzene rings is 2. The third-order valence-corrected chi connectivity index (χ3v) is 5.31. The molecule has 3 rings (SSSR count). The molecule has 0 aromatic heterocycles. The number of anilines is 3. The number of piperidine rings is 1. The summed E-state index contributed by atoms with van der Waals surface area (Å²) in [4.78, 5) is 28.5. The summed E-state index contributed by atoms with van der Waals surface area (Å²) in [5.74, 6) is -0.449. The molecule has 1 aliphatic rings. The van der Waals surface area contributed by atoms with Gasteiger partial charge in [0.2, 0.25) is 11.8 Å². The van der Waals surface area contributed by atoms with Crippen LogP contribution in [0.1, 0.15) is 19.3 Å². The highest BCUT2D eigenvalue weighted by atomic mass is 35.5. The lowest BCUT2D eigenvalue weighted by Crippen LogP contribution is -2.38. The molecule has 0 unspecified atom stereocenters. The molecule has 0 bridgehead atoms. The van der Waals surface area contributed by atoms with Gasteiger partial charge in [-0.25, -0.2) is 0 Å². The van der Waals surface area contributed by atoms with Crippen molar-refractivity contribution in [2.75, 3.05) is 48.8 Å². The Kier molecular flexibility index (Phi) is 7.36. The molecular weight excluding hydrogens is 388 g/mol. The van der Waals surface area contributed by atoms with Crippen molar-refractivity contribution in [3.05, 3.63) is 53.6 Å². The number of hydrogen-bond acceptors (Lipinski definition) is 4. The molecule has 0 radical (unpaired) electrons. The smallest absolute Gasteiger partial charge is 0.244 e. The standard InChI is InChI=1S/C22H27ClN4O2/c1-26(16-21(28)25-18-10-4-3-9-17(18)23)22(29)15-24-19-11-5-6-12-20(19)27-13-7-2-8-14-27/h3-6,9-12,24H,2,7-8,13-16H2,1H3,(H,25,28). The van der Waals surface area contributed by atoms with Crippen LogP contribution in [0, 0.1) is 0 Å². The molecule has 2 aromatic carbocycles. The van der Waals surface area contributed by atoms with Crippen molar-refractivity contribution in [3.63, 3.8) is 0 Å². The number of nitrogens with one attached hydrogen (secondary N) is 2. The van der Waals surface area contributed by atoms with E-state index in [1.54, 1.807) is 31.3 Å². The van der Waals surface area contributed by atoms with Crippen LogP contribution in [0.2, 0.25) is 5.02 Å². The molecule has 2 aromatic rings. The molecule has 7 heteroatoms. The largest absolute Gasteiger partial charge is 0.374 e. The van der Waals surface area contributed by atoms with Crippen molar-refractivity contribution in [1.82, 2.24) is 4.90 Å². The first-order chi connectivity index (χ1) is 14.0. The van der Waals surface area contributed by atoms with Gasteiger partial charge in [-0.05, 0) is 43.5 Å². The Bertz CT molecular complexity index is 852. The minimum atomic E-state index is -0.289. The first-order valence-corrected chi connectivity index (χ1v) is 10.3. The van der Waals surface area contributed by atoms with Crippen LogP contribution in [0.15, 0.2) is 48.5 Å². The Balaban J connectivity index is 1.53. The second-order valence-electron chi connectivity index (χ2n) is 7.20. The van der Waals surface area contributed by atoms with E-state index in [2.05, 4.69) is 21.6 Å². The van der Waals surface area contributed by atoms with Gasteiger partial charge in [-0.3, -0.25) is 9.59 Å². The zero-order valence-corrected chi connectivity index (χ0v) is 17.4. The topological polar surface area (TPSA) is 64.7 Å². The monoisotopic (exact) mass is 414 g/mol. The SMILES string of the molecule is CN(CC(=O)Nc1ccccc1Cl)C(=O)CNc1ccccc1N1CCCCC1. The third kappa shape index (κ3) is 5.87. The molecule has 1 fully saturated rings. The molecule has 1 saturated heterocycles. The molecule has 154 valence electrons. The van der Waals surface area contributed by atoms with Crippen LogP contribution < -0.4 is 15.5 Å². The lowest BCUT2D eigenvalue weighted by Gasteiger charge is -2.30. The molecule has 1 aliphatic heterocycles. The fraction of sp³-hybridized carbons (Fsp3) is 0.364. The molecular formula is C22H27ClN4O2. The number of nitrogens with zero attached hydrogens (tertiary/aromatic N) is 2. The molecule has 29 heavy (non-hydrogen) atoms. The van der Waals surface area contributed by atoms with Crippen LogP contribution in [-0.2, 0) is 9.59 Å². The Morgan fingerprint density at radius 3 is 2.38 bits per heavy atom. The van der Waals surface area contributed by atoms with Gasteiger partial charge in [0.1, 0.15) is 0 Å². The number of carbonyl (C=O) groups is 2. The normalized spacial score (nSPS) is 13.7. The fourth-order valence-corrected chi connectivity index (χ4v) is 3.58. The maximum absolute atomic E-state index is 12.5. The van der Waals surface area contributed by atoms with Crippen molar-refractivity contribution >= 4 is 40.5 Å². The van der Waals surface area contributed by atoms with E-state index >= 15 is 0 Å². The van der Waals surface area contributed by atoms with Crippen molar-refractivity contribution in [3.8, 4) is 0 Å². The summed E-state index contributed by atoms with van der Waals surface area (Å²) in [5.41, 5.74) is 2.60. The van der Waals surface area contributed by atoms with Gasteiger partial charge in [0, 0.05) is 20.1 Å². The molecule has 0 spiro atoms. The predicted octanol–water partition coefficient (Wildman–Crippen LogP) is 3.84. The van der Waals surface area contributed by atoms with E-state index < -0.39 is 0 Å². The van der Waals surface area contributed by atoms with Crippen LogP contribution in [0.3, 0.4) is 0 Å². The molecule has 0 aliphatic carbocycles. The number of para-hydroxylation sites is 3. The van der Waals surface area contributed by atoms with Gasteiger partial charge in [0.15, 0.2) is 0 Å². The average molecular weight is 415 g/mol. The number of rotatable bonds is 7. The van der Waals surface area contributed by atoms with Crippen molar-refractivity contribution < 1.29 is 9.59 Å². The lowest BCUT2D eigenvalue weighted by molar-refractivity contribution is -0.131. The van der Waals surface area contributed by atoms with Crippen LogP contribution >= 0.6 is 11.6 Å². The predicted molar refractivity (Wildman–Crippen MR) is 119 cm³/mol. The summed E-state index contributed by atoms with van der Waals surface area (Å²) in [6.45, 7) is 2.16. The van der Waals surface area contributed by atoms with Crippen molar-refractivity contribution in [2.45, 2.75) is 19.3 Å². The van der Waals surface area contributed by atoms with Gasteiger partial charge in [-0.2, -0.15) is 0 Å². The van der Waals surface area contributed by atoms with Crippen LogP contribution in [0.5, 0.6) is 0 Å². The Morgan fingerprint density at radius 1 is 1.00 bits per heavy atom. The summed E-state index contributed by atoms with van der Waals surface area (Å²) in [6, 6.07) is 15.1. The second kappa shape index (κ2) is 10.2. The van der Waals surface area contributed by atoms with Gasteiger partial charge >= 0.3 is 0 Å². The average Bonchev–Trinajstić information content (AvgIpc) is 2.74. The summed E-state index contributed by atoms with van der Waals surface area (Å²) in [6.07, 6.45) is 3.65. The number of halogens is 1. The highest BCUT2D eigenvalue weighted by Crippen LogP contribution is 2.28.